The molecule has 5 aromatic rings. The first kappa shape index (κ1) is 18.6. The molecule has 0 aliphatic rings. The van der Waals surface area contributed by atoms with Gasteiger partial charge in [0, 0.05) is 19.5 Å². The van der Waals surface area contributed by atoms with Crippen LogP contribution in [0.5, 0.6) is 0 Å². The number of fused-ring (bicyclic) bond motifs is 2. The van der Waals surface area contributed by atoms with Gasteiger partial charge in [-0.1, -0.05) is 60.7 Å². The summed E-state index contributed by atoms with van der Waals surface area (Å²) in [6.07, 6.45) is 0.677. The average molecular weight is 412 g/mol. The Labute approximate surface area is 178 Å². The zero-order valence-corrected chi connectivity index (χ0v) is 17.2. The van der Waals surface area contributed by atoms with Crippen molar-refractivity contribution in [1.29, 1.82) is 0 Å². The summed E-state index contributed by atoms with van der Waals surface area (Å²) < 4.78 is 2.27. The number of carbonyl (C=O) groups is 1. The largest absolute Gasteiger partial charge is 0.351 e. The first-order valence-corrected chi connectivity index (χ1v) is 10.9. The van der Waals surface area contributed by atoms with Crippen molar-refractivity contribution in [2.24, 2.45) is 0 Å². The molecule has 0 saturated carbocycles. The fraction of sp³-hybridized carbons (Fsp3) is 0.120. The maximum atomic E-state index is 12.3. The van der Waals surface area contributed by atoms with E-state index in [-0.39, 0.29) is 5.91 Å². The van der Waals surface area contributed by atoms with Crippen LogP contribution in [0, 0.1) is 0 Å². The molecule has 0 aliphatic heterocycles. The van der Waals surface area contributed by atoms with E-state index < -0.39 is 0 Å². The number of nitrogens with zero attached hydrogens (tertiary/aromatic N) is 2. The van der Waals surface area contributed by atoms with Gasteiger partial charge in [0.2, 0.25) is 0 Å². The van der Waals surface area contributed by atoms with Gasteiger partial charge < -0.3 is 9.88 Å². The minimum atomic E-state index is -0.0262. The van der Waals surface area contributed by atoms with E-state index in [9.17, 15) is 4.79 Å². The van der Waals surface area contributed by atoms with Crippen molar-refractivity contribution >= 4 is 39.0 Å². The molecule has 0 bridgehead atoms. The summed E-state index contributed by atoms with van der Waals surface area (Å²) in [6.45, 7) is 1.30. The van der Waals surface area contributed by atoms with Crippen LogP contribution < -0.4 is 5.32 Å². The Bertz CT molecular complexity index is 1320. The lowest BCUT2D eigenvalue weighted by Crippen LogP contribution is -2.25. The molecule has 5 heteroatoms. The van der Waals surface area contributed by atoms with Gasteiger partial charge >= 0.3 is 0 Å². The second-order valence-electron chi connectivity index (χ2n) is 7.22. The molecular formula is C25H21N3OS. The van der Waals surface area contributed by atoms with Gasteiger partial charge in [-0.15, -0.1) is 11.3 Å². The number of para-hydroxylation sites is 2. The molecule has 4 nitrogen and oxygen atoms in total. The molecule has 0 radical (unpaired) electrons. The minimum Gasteiger partial charge on any atom is -0.351 e. The minimum absolute atomic E-state index is 0.0262. The van der Waals surface area contributed by atoms with Crippen molar-refractivity contribution in [3.8, 4) is 0 Å². The van der Waals surface area contributed by atoms with Crippen LogP contribution in [0.15, 0.2) is 84.2 Å². The summed E-state index contributed by atoms with van der Waals surface area (Å²) in [5.41, 5.74) is 3.36. The van der Waals surface area contributed by atoms with Crippen molar-refractivity contribution in [2.75, 3.05) is 6.54 Å². The zero-order chi connectivity index (χ0) is 20.3. The SMILES string of the molecule is O=C(NCCc1nc2ccccc2n1Cc1cccc2ccccc12)c1cccs1. The topological polar surface area (TPSA) is 46.9 Å². The average Bonchev–Trinajstić information content (AvgIpc) is 3.43. The molecule has 30 heavy (non-hydrogen) atoms. The predicted octanol–water partition coefficient (Wildman–Crippen LogP) is 5.27. The highest BCUT2D eigenvalue weighted by Gasteiger charge is 2.13. The number of amides is 1. The molecule has 5 rings (SSSR count). The van der Waals surface area contributed by atoms with E-state index in [1.54, 1.807) is 0 Å². The molecule has 0 fully saturated rings. The highest BCUT2D eigenvalue weighted by molar-refractivity contribution is 7.12. The van der Waals surface area contributed by atoms with Gasteiger partial charge in [-0.2, -0.15) is 0 Å². The van der Waals surface area contributed by atoms with Crippen molar-refractivity contribution in [2.45, 2.75) is 13.0 Å². The molecule has 1 amide bonds. The van der Waals surface area contributed by atoms with Crippen LogP contribution in [0.3, 0.4) is 0 Å². The molecule has 0 unspecified atom stereocenters. The van der Waals surface area contributed by atoms with Gasteiger partial charge in [-0.05, 0) is 39.9 Å². The number of hydrogen-bond donors (Lipinski definition) is 1. The van der Waals surface area contributed by atoms with Crippen LogP contribution in [0.4, 0.5) is 0 Å². The van der Waals surface area contributed by atoms with Crippen LogP contribution in [-0.2, 0) is 13.0 Å². The summed E-state index contributed by atoms with van der Waals surface area (Å²) in [6, 6.07) is 26.9. The Morgan fingerprint density at radius 2 is 1.77 bits per heavy atom. The van der Waals surface area contributed by atoms with E-state index in [0.29, 0.717) is 13.0 Å². The molecule has 0 aliphatic carbocycles. The standard InChI is InChI=1S/C25H21N3OS/c29-25(23-13-6-16-30-23)26-15-14-24-27-21-11-3-4-12-22(21)28(24)17-19-9-5-8-18-7-1-2-10-20(18)19/h1-13,16H,14-15,17H2,(H,26,29). The van der Waals surface area contributed by atoms with Gasteiger partial charge in [0.05, 0.1) is 15.9 Å². The number of rotatable bonds is 6. The highest BCUT2D eigenvalue weighted by atomic mass is 32.1. The van der Waals surface area contributed by atoms with Crippen molar-refractivity contribution in [3.05, 3.63) is 101 Å². The van der Waals surface area contributed by atoms with Crippen LogP contribution in [0.25, 0.3) is 21.8 Å². The summed E-state index contributed by atoms with van der Waals surface area (Å²) >= 11 is 1.45. The summed E-state index contributed by atoms with van der Waals surface area (Å²) in [7, 11) is 0. The van der Waals surface area contributed by atoms with Crippen LogP contribution in [-0.4, -0.2) is 22.0 Å². The van der Waals surface area contributed by atoms with E-state index in [1.807, 2.05) is 35.7 Å². The molecule has 1 N–H and O–H groups in total. The lowest BCUT2D eigenvalue weighted by Gasteiger charge is -2.12. The molecule has 0 saturated heterocycles. The van der Waals surface area contributed by atoms with Crippen LogP contribution >= 0.6 is 11.3 Å². The highest BCUT2D eigenvalue weighted by Crippen LogP contribution is 2.23. The second-order valence-corrected chi connectivity index (χ2v) is 8.17. The molecule has 0 spiro atoms. The van der Waals surface area contributed by atoms with Gasteiger partial charge in [0.15, 0.2) is 0 Å². The second kappa shape index (κ2) is 8.13. The first-order chi connectivity index (χ1) is 14.8. The molecule has 2 heterocycles. The maximum absolute atomic E-state index is 12.3. The van der Waals surface area contributed by atoms with E-state index in [1.165, 1.54) is 27.7 Å². The molecule has 3 aromatic carbocycles. The normalized spacial score (nSPS) is 11.2. The fourth-order valence-electron chi connectivity index (χ4n) is 3.88. The number of aromatic nitrogens is 2. The van der Waals surface area contributed by atoms with Gasteiger partial charge in [0.25, 0.3) is 5.91 Å². The third-order valence-electron chi connectivity index (χ3n) is 5.32. The monoisotopic (exact) mass is 411 g/mol. The number of imidazole rings is 1. The zero-order valence-electron chi connectivity index (χ0n) is 16.4. The van der Waals surface area contributed by atoms with Gasteiger partial charge in [0.1, 0.15) is 5.82 Å². The smallest absolute Gasteiger partial charge is 0.261 e. The Morgan fingerprint density at radius 1 is 0.933 bits per heavy atom. The van der Waals surface area contributed by atoms with Crippen LogP contribution in [0.1, 0.15) is 21.1 Å². The summed E-state index contributed by atoms with van der Waals surface area (Å²) in [5.74, 6) is 0.956. The Morgan fingerprint density at radius 3 is 2.67 bits per heavy atom. The van der Waals surface area contributed by atoms with Gasteiger partial charge in [-0.25, -0.2) is 4.98 Å². The number of hydrogen-bond acceptors (Lipinski definition) is 3. The number of nitrogens with one attached hydrogen (secondary N) is 1. The molecule has 0 atom stereocenters. The van der Waals surface area contributed by atoms with Crippen LogP contribution in [0.2, 0.25) is 0 Å². The Kier molecular flexibility index (Phi) is 5.03. The lowest BCUT2D eigenvalue weighted by atomic mass is 10.0. The summed E-state index contributed by atoms with van der Waals surface area (Å²) in [5, 5.41) is 7.43. The number of carbonyl (C=O) groups excluding carboxylic acids is 1. The Hall–Kier alpha value is -3.44. The van der Waals surface area contributed by atoms with E-state index in [4.69, 9.17) is 4.98 Å². The fourth-order valence-corrected chi connectivity index (χ4v) is 4.52. The van der Waals surface area contributed by atoms with Gasteiger partial charge in [-0.3, -0.25) is 4.79 Å². The Balaban J connectivity index is 1.44. The maximum Gasteiger partial charge on any atom is 0.261 e. The van der Waals surface area contributed by atoms with Crippen molar-refractivity contribution in [1.82, 2.24) is 14.9 Å². The van der Waals surface area contributed by atoms with Crippen molar-refractivity contribution in [3.63, 3.8) is 0 Å². The third kappa shape index (κ3) is 3.60. The third-order valence-corrected chi connectivity index (χ3v) is 6.19. The quantitative estimate of drug-likeness (QED) is 0.414. The first-order valence-electron chi connectivity index (χ1n) is 10.0. The lowest BCUT2D eigenvalue weighted by molar-refractivity contribution is 0.0958. The van der Waals surface area contributed by atoms with E-state index in [0.717, 1.165) is 28.3 Å². The van der Waals surface area contributed by atoms with E-state index in [2.05, 4.69) is 58.4 Å². The molecule has 148 valence electrons. The predicted molar refractivity (Wildman–Crippen MR) is 123 cm³/mol. The number of thiophene rings is 1. The number of benzene rings is 3. The molecular weight excluding hydrogens is 390 g/mol. The van der Waals surface area contributed by atoms with E-state index >= 15 is 0 Å². The van der Waals surface area contributed by atoms with Crippen molar-refractivity contribution < 1.29 is 4.79 Å². The summed E-state index contributed by atoms with van der Waals surface area (Å²) in [4.78, 5) is 17.9. The molecule has 2 aromatic heterocycles.